The van der Waals surface area contributed by atoms with Gasteiger partial charge in [0.1, 0.15) is 0 Å². The van der Waals surface area contributed by atoms with Gasteiger partial charge in [-0.2, -0.15) is 0 Å². The van der Waals surface area contributed by atoms with Crippen molar-refractivity contribution >= 4 is 0 Å². The van der Waals surface area contributed by atoms with Crippen LogP contribution in [0.25, 0.3) is 0 Å². The van der Waals surface area contributed by atoms with Crippen LogP contribution in [0.2, 0.25) is 0 Å². The first kappa shape index (κ1) is 49.9. The molecule has 0 spiro atoms. The summed E-state index contributed by atoms with van der Waals surface area (Å²) in [5, 5.41) is 0. The molecule has 0 aromatic heterocycles. The molecule has 0 saturated carbocycles. The molecule has 6 heteroatoms. The molecule has 24 valence electrons. The monoisotopic (exact) mass is 246 g/mol. The minimum atomic E-state index is 0. The van der Waals surface area contributed by atoms with Crippen LogP contribution in [0.3, 0.4) is 0 Å². The van der Waals surface area contributed by atoms with Crippen LogP contribution < -0.4 is 135 Å². The Morgan fingerprint density at radius 3 is 0.667 bits per heavy atom. The fourth-order valence-electron chi connectivity index (χ4n) is 0. The second kappa shape index (κ2) is 35.6. The van der Waals surface area contributed by atoms with Crippen LogP contribution in [0, 0.1) is 0 Å². The summed E-state index contributed by atoms with van der Waals surface area (Å²) in [7, 11) is 0. The molecule has 6 heavy (non-hydrogen) atoms. The summed E-state index contributed by atoms with van der Waals surface area (Å²) in [4.78, 5) is 0. The standard InChI is InChI=1S/2BrH.ClH.K.2Li/h3*1H;;;/q;;;3*+1/p-3. The third-order valence-corrected chi connectivity index (χ3v) is 0. The van der Waals surface area contributed by atoms with E-state index >= 15 is 0 Å². The van der Waals surface area contributed by atoms with Gasteiger partial charge in [0.25, 0.3) is 0 Å². The summed E-state index contributed by atoms with van der Waals surface area (Å²) >= 11 is 0. The zero-order valence-corrected chi connectivity index (χ0v) is 11.2. The molecule has 0 radical (unpaired) electrons. The van der Waals surface area contributed by atoms with Crippen molar-refractivity contribution in [3.8, 4) is 0 Å². The predicted molar refractivity (Wildman–Crippen MR) is 0 cm³/mol. The van der Waals surface area contributed by atoms with Gasteiger partial charge in [-0.25, -0.2) is 0 Å². The Labute approximate surface area is 132 Å². The van der Waals surface area contributed by atoms with Gasteiger partial charge in [-0.15, -0.1) is 0 Å². The van der Waals surface area contributed by atoms with E-state index in [1.54, 1.807) is 0 Å². The normalized spacial score (nSPS) is 0. The molecular weight excluding hydrogens is 248 g/mol. The molecule has 0 heterocycles. The van der Waals surface area contributed by atoms with E-state index in [1.165, 1.54) is 0 Å². The molecule has 0 bridgehead atoms. The summed E-state index contributed by atoms with van der Waals surface area (Å²) in [6.45, 7) is 0. The molecule has 0 aliphatic rings. The third kappa shape index (κ3) is 24.3. The fourth-order valence-corrected chi connectivity index (χ4v) is 0. The van der Waals surface area contributed by atoms with Crippen molar-refractivity contribution < 1.29 is 135 Å². The van der Waals surface area contributed by atoms with Gasteiger partial charge in [-0.05, 0) is 0 Å². The van der Waals surface area contributed by atoms with Gasteiger partial charge < -0.3 is 46.4 Å². The topological polar surface area (TPSA) is 0 Å². The molecule has 0 N–H and O–H groups in total. The minimum Gasteiger partial charge on any atom is -1.00 e. The van der Waals surface area contributed by atoms with E-state index in [0.717, 1.165) is 0 Å². The molecule has 0 unspecified atom stereocenters. The zero-order chi connectivity index (χ0) is 0. The zero-order valence-electron chi connectivity index (χ0n) is 4.13. The van der Waals surface area contributed by atoms with Crippen molar-refractivity contribution in [3.05, 3.63) is 0 Å². The summed E-state index contributed by atoms with van der Waals surface area (Å²) < 4.78 is 0. The Morgan fingerprint density at radius 2 is 0.667 bits per heavy atom. The van der Waals surface area contributed by atoms with E-state index in [1.807, 2.05) is 0 Å². The van der Waals surface area contributed by atoms with Crippen LogP contribution in [-0.4, -0.2) is 0 Å². The van der Waals surface area contributed by atoms with E-state index in [4.69, 9.17) is 0 Å². The van der Waals surface area contributed by atoms with E-state index < -0.39 is 0 Å². The molecule has 0 fully saturated rings. The van der Waals surface area contributed by atoms with Crippen LogP contribution in [0.1, 0.15) is 0 Å². The predicted octanol–water partition coefficient (Wildman–Crippen LogP) is -18.0. The van der Waals surface area contributed by atoms with Crippen LogP contribution in [0.5, 0.6) is 0 Å². The van der Waals surface area contributed by atoms with Crippen LogP contribution in [-0.2, 0) is 0 Å². The summed E-state index contributed by atoms with van der Waals surface area (Å²) in [5.41, 5.74) is 0. The van der Waals surface area contributed by atoms with Crippen molar-refractivity contribution in [1.82, 2.24) is 0 Å². The third-order valence-electron chi connectivity index (χ3n) is 0. The number of rotatable bonds is 0. The van der Waals surface area contributed by atoms with Gasteiger partial charge in [-0.3, -0.25) is 0 Å². The maximum atomic E-state index is 0. The van der Waals surface area contributed by atoms with Crippen molar-refractivity contribution in [2.75, 3.05) is 0 Å². The summed E-state index contributed by atoms with van der Waals surface area (Å²) in [6.07, 6.45) is 0. The van der Waals surface area contributed by atoms with Gasteiger partial charge in [-0.1, -0.05) is 0 Å². The first-order chi connectivity index (χ1) is 0. The van der Waals surface area contributed by atoms with E-state index in [0.29, 0.717) is 0 Å². The quantitative estimate of drug-likeness (QED) is 0.374. The van der Waals surface area contributed by atoms with Crippen molar-refractivity contribution in [2.45, 2.75) is 0 Å². The largest absolute Gasteiger partial charge is 1.00 e. The second-order valence-electron chi connectivity index (χ2n) is 0. The molecule has 0 atom stereocenters. The summed E-state index contributed by atoms with van der Waals surface area (Å²) in [6, 6.07) is 0. The average molecular weight is 248 g/mol. The SMILES string of the molecule is [Br-].[Br-].[Cl-].[K+].[Li+].[Li+]. The number of hydrogen-bond acceptors (Lipinski definition) is 0. The molecule has 0 rings (SSSR count). The first-order valence-corrected chi connectivity index (χ1v) is 0. The molecular formula is Br2ClKLi2. The summed E-state index contributed by atoms with van der Waals surface area (Å²) in [5.74, 6) is 0. The Balaban J connectivity index is 0. The van der Waals surface area contributed by atoms with Crippen molar-refractivity contribution in [2.24, 2.45) is 0 Å². The Morgan fingerprint density at radius 1 is 0.667 bits per heavy atom. The maximum Gasteiger partial charge on any atom is 1.00 e. The van der Waals surface area contributed by atoms with Gasteiger partial charge in [0, 0.05) is 0 Å². The van der Waals surface area contributed by atoms with Crippen LogP contribution in [0.15, 0.2) is 0 Å². The van der Waals surface area contributed by atoms with Gasteiger partial charge >= 0.3 is 89.1 Å². The molecule has 0 aromatic carbocycles. The van der Waals surface area contributed by atoms with Crippen molar-refractivity contribution in [3.63, 3.8) is 0 Å². The molecule has 0 amide bonds. The molecule has 0 aromatic rings. The van der Waals surface area contributed by atoms with E-state index in [-0.39, 0.29) is 135 Å². The number of hydrogen-bond donors (Lipinski definition) is 0. The van der Waals surface area contributed by atoms with Gasteiger partial charge in [0.2, 0.25) is 0 Å². The van der Waals surface area contributed by atoms with Crippen molar-refractivity contribution in [1.29, 1.82) is 0 Å². The van der Waals surface area contributed by atoms with Crippen LogP contribution in [0.4, 0.5) is 0 Å². The number of halogens is 3. The maximum absolute atomic E-state index is 0. The van der Waals surface area contributed by atoms with Gasteiger partial charge in [0.15, 0.2) is 0 Å². The molecule has 0 saturated heterocycles. The van der Waals surface area contributed by atoms with Gasteiger partial charge in [0.05, 0.1) is 0 Å². The molecule has 0 aliphatic carbocycles. The Kier molecular flexibility index (Phi) is 296. The minimum absolute atomic E-state index is 0. The van der Waals surface area contributed by atoms with E-state index in [9.17, 15) is 0 Å². The van der Waals surface area contributed by atoms with E-state index in [2.05, 4.69) is 0 Å². The molecule has 0 aliphatic heterocycles. The fraction of sp³-hybridized carbons (Fsp3) is 0. The average Bonchev–Trinajstić information content (AvgIpc) is 0. The Bertz CT molecular complexity index is 11.5. The molecule has 0 nitrogen and oxygen atoms in total. The first-order valence-electron chi connectivity index (χ1n) is 0. The smallest absolute Gasteiger partial charge is 1.00 e. The Hall–Kier alpha value is 4.08. The van der Waals surface area contributed by atoms with Crippen LogP contribution >= 0.6 is 0 Å². The second-order valence-corrected chi connectivity index (χ2v) is 0.